The van der Waals surface area contributed by atoms with Crippen molar-refractivity contribution in [3.63, 3.8) is 0 Å². The summed E-state index contributed by atoms with van der Waals surface area (Å²) in [7, 11) is 1.64. The Labute approximate surface area is 137 Å². The van der Waals surface area contributed by atoms with Crippen molar-refractivity contribution in [3.05, 3.63) is 34.3 Å². The molecule has 2 N–H and O–H groups in total. The fraction of sp³-hybridized carbons (Fsp3) is 0.429. The van der Waals surface area contributed by atoms with Crippen molar-refractivity contribution < 1.29 is 14.7 Å². The number of carbonyl (C=O) groups is 2. The van der Waals surface area contributed by atoms with E-state index in [1.807, 2.05) is 30.5 Å². The zero-order valence-electron chi connectivity index (χ0n) is 12.0. The summed E-state index contributed by atoms with van der Waals surface area (Å²) >= 11 is 4.91. The molecule has 1 aromatic carbocycles. The molecule has 0 saturated carbocycles. The lowest BCUT2D eigenvalue weighted by Crippen LogP contribution is -2.46. The number of rotatable bonds is 7. The number of thioether (sulfide) groups is 1. The average Bonchev–Trinajstić information content (AvgIpc) is 2.45. The highest BCUT2D eigenvalue weighted by Crippen LogP contribution is 2.12. The van der Waals surface area contributed by atoms with E-state index in [-0.39, 0.29) is 6.03 Å². The number of amides is 2. The molecule has 1 aromatic rings. The van der Waals surface area contributed by atoms with Gasteiger partial charge in [0.25, 0.3) is 0 Å². The maximum absolute atomic E-state index is 12.0. The van der Waals surface area contributed by atoms with Gasteiger partial charge in [0, 0.05) is 18.1 Å². The van der Waals surface area contributed by atoms with Crippen molar-refractivity contribution in [2.24, 2.45) is 0 Å². The summed E-state index contributed by atoms with van der Waals surface area (Å²) < 4.78 is 0.973. The first-order valence-electron chi connectivity index (χ1n) is 6.42. The van der Waals surface area contributed by atoms with E-state index >= 15 is 0 Å². The molecular weight excluding hydrogens is 356 g/mol. The van der Waals surface area contributed by atoms with Gasteiger partial charge in [-0.3, -0.25) is 0 Å². The number of nitrogens with zero attached hydrogens (tertiary/aromatic N) is 1. The maximum Gasteiger partial charge on any atom is 0.326 e. The molecule has 7 heteroatoms. The van der Waals surface area contributed by atoms with E-state index in [0.29, 0.717) is 18.7 Å². The highest BCUT2D eigenvalue weighted by molar-refractivity contribution is 9.10. The quantitative estimate of drug-likeness (QED) is 0.769. The van der Waals surface area contributed by atoms with Gasteiger partial charge in [0.2, 0.25) is 0 Å². The van der Waals surface area contributed by atoms with Crippen molar-refractivity contribution in [3.8, 4) is 0 Å². The first-order valence-corrected chi connectivity index (χ1v) is 8.60. The van der Waals surface area contributed by atoms with Gasteiger partial charge in [0.1, 0.15) is 6.04 Å². The molecule has 0 aromatic heterocycles. The maximum atomic E-state index is 12.0. The Bertz CT molecular complexity index is 482. The Hall–Kier alpha value is -1.21. The SMILES string of the molecule is CSCC[C@@H](NC(=O)N(C)Cc1ccc(Br)cc1)C(=O)O. The lowest BCUT2D eigenvalue weighted by atomic mass is 10.2. The molecule has 116 valence electrons. The number of hydrogen-bond acceptors (Lipinski definition) is 3. The topological polar surface area (TPSA) is 69.6 Å². The standard InChI is InChI=1S/C14H19BrN2O3S/c1-17(9-10-3-5-11(15)6-4-10)14(20)16-12(13(18)19)7-8-21-2/h3-6,12H,7-9H2,1-2H3,(H,16,20)(H,18,19)/t12-/m1/s1. The molecule has 0 aliphatic heterocycles. The van der Waals surface area contributed by atoms with Crippen LogP contribution in [-0.2, 0) is 11.3 Å². The Morgan fingerprint density at radius 3 is 2.52 bits per heavy atom. The van der Waals surface area contributed by atoms with Crippen LogP contribution in [0.25, 0.3) is 0 Å². The second kappa shape index (κ2) is 8.94. The van der Waals surface area contributed by atoms with Gasteiger partial charge in [0.15, 0.2) is 0 Å². The van der Waals surface area contributed by atoms with E-state index in [1.54, 1.807) is 18.8 Å². The third-order valence-electron chi connectivity index (χ3n) is 2.89. The van der Waals surface area contributed by atoms with Crippen LogP contribution in [0, 0.1) is 0 Å². The summed E-state index contributed by atoms with van der Waals surface area (Å²) in [6.45, 7) is 0.425. The van der Waals surface area contributed by atoms with Crippen LogP contribution < -0.4 is 5.32 Å². The fourth-order valence-corrected chi connectivity index (χ4v) is 2.42. The van der Waals surface area contributed by atoms with Crippen molar-refractivity contribution in [2.45, 2.75) is 19.0 Å². The third-order valence-corrected chi connectivity index (χ3v) is 4.06. The van der Waals surface area contributed by atoms with Gasteiger partial charge < -0.3 is 15.3 Å². The molecule has 0 unspecified atom stereocenters. The lowest BCUT2D eigenvalue weighted by Gasteiger charge is -2.21. The Balaban J connectivity index is 2.56. The minimum Gasteiger partial charge on any atom is -0.480 e. The van der Waals surface area contributed by atoms with Crippen LogP contribution in [0.3, 0.4) is 0 Å². The summed E-state index contributed by atoms with van der Waals surface area (Å²) in [4.78, 5) is 24.6. The van der Waals surface area contributed by atoms with Gasteiger partial charge in [-0.25, -0.2) is 9.59 Å². The van der Waals surface area contributed by atoms with Crippen LogP contribution in [-0.4, -0.2) is 47.1 Å². The highest BCUT2D eigenvalue weighted by atomic mass is 79.9. The summed E-state index contributed by atoms with van der Waals surface area (Å²) in [5.74, 6) is -0.317. The molecule has 0 heterocycles. The predicted molar refractivity (Wildman–Crippen MR) is 88.6 cm³/mol. The Kier molecular flexibility index (Phi) is 7.60. The Morgan fingerprint density at radius 2 is 2.00 bits per heavy atom. The molecule has 0 aliphatic carbocycles. The minimum atomic E-state index is -1.01. The first kappa shape index (κ1) is 17.8. The van der Waals surface area contributed by atoms with E-state index in [0.717, 1.165) is 10.0 Å². The third kappa shape index (κ3) is 6.39. The van der Waals surface area contributed by atoms with Gasteiger partial charge in [-0.15, -0.1) is 0 Å². The van der Waals surface area contributed by atoms with Gasteiger partial charge in [-0.05, 0) is 36.1 Å². The molecule has 0 fully saturated rings. The molecule has 0 saturated heterocycles. The second-order valence-corrected chi connectivity index (χ2v) is 6.51. The van der Waals surface area contributed by atoms with Crippen molar-refractivity contribution in [1.29, 1.82) is 0 Å². The van der Waals surface area contributed by atoms with Crippen LogP contribution in [0.2, 0.25) is 0 Å². The normalized spacial score (nSPS) is 11.8. The van der Waals surface area contributed by atoms with Gasteiger partial charge in [-0.1, -0.05) is 28.1 Å². The van der Waals surface area contributed by atoms with E-state index in [4.69, 9.17) is 5.11 Å². The molecule has 21 heavy (non-hydrogen) atoms. The smallest absolute Gasteiger partial charge is 0.326 e. The summed E-state index contributed by atoms with van der Waals surface area (Å²) in [6, 6.07) is 6.40. The number of carboxylic acids is 1. The van der Waals surface area contributed by atoms with Crippen LogP contribution in [0.1, 0.15) is 12.0 Å². The average molecular weight is 375 g/mol. The number of carbonyl (C=O) groups excluding carboxylic acids is 1. The number of aliphatic carboxylic acids is 1. The fourth-order valence-electron chi connectivity index (χ4n) is 1.69. The van der Waals surface area contributed by atoms with Crippen molar-refractivity contribution in [2.75, 3.05) is 19.1 Å². The van der Waals surface area contributed by atoms with Crippen LogP contribution >= 0.6 is 27.7 Å². The first-order chi connectivity index (χ1) is 9.93. The summed E-state index contributed by atoms with van der Waals surface area (Å²) in [6.07, 6.45) is 2.31. The van der Waals surface area contributed by atoms with Crippen LogP contribution in [0.15, 0.2) is 28.7 Å². The van der Waals surface area contributed by atoms with Crippen molar-refractivity contribution >= 4 is 39.7 Å². The molecule has 1 atom stereocenters. The molecule has 5 nitrogen and oxygen atoms in total. The number of urea groups is 1. The molecule has 0 spiro atoms. The highest BCUT2D eigenvalue weighted by Gasteiger charge is 2.21. The zero-order valence-corrected chi connectivity index (χ0v) is 14.4. The monoisotopic (exact) mass is 374 g/mol. The largest absolute Gasteiger partial charge is 0.480 e. The predicted octanol–water partition coefficient (Wildman–Crippen LogP) is 2.80. The molecule has 0 bridgehead atoms. The van der Waals surface area contributed by atoms with Crippen LogP contribution in [0.4, 0.5) is 4.79 Å². The summed E-state index contributed by atoms with van der Waals surface area (Å²) in [5, 5.41) is 11.7. The van der Waals surface area contributed by atoms with Gasteiger partial charge in [-0.2, -0.15) is 11.8 Å². The summed E-state index contributed by atoms with van der Waals surface area (Å²) in [5.41, 5.74) is 0.979. The van der Waals surface area contributed by atoms with Crippen LogP contribution in [0.5, 0.6) is 0 Å². The number of hydrogen-bond donors (Lipinski definition) is 2. The van der Waals surface area contributed by atoms with Crippen molar-refractivity contribution in [1.82, 2.24) is 10.2 Å². The number of nitrogens with one attached hydrogen (secondary N) is 1. The number of carboxylic acid groups (broad SMARTS) is 1. The Morgan fingerprint density at radius 1 is 1.38 bits per heavy atom. The minimum absolute atomic E-state index is 0.383. The second-order valence-electron chi connectivity index (χ2n) is 4.60. The number of benzene rings is 1. The zero-order chi connectivity index (χ0) is 15.8. The lowest BCUT2D eigenvalue weighted by molar-refractivity contribution is -0.139. The molecule has 0 radical (unpaired) electrons. The molecular formula is C14H19BrN2O3S. The molecule has 2 amide bonds. The van der Waals surface area contributed by atoms with Gasteiger partial charge in [0.05, 0.1) is 0 Å². The molecule has 1 rings (SSSR count). The van der Waals surface area contributed by atoms with E-state index < -0.39 is 12.0 Å². The van der Waals surface area contributed by atoms with Gasteiger partial charge >= 0.3 is 12.0 Å². The van der Waals surface area contributed by atoms with E-state index in [9.17, 15) is 9.59 Å². The van der Waals surface area contributed by atoms with E-state index in [1.165, 1.54) is 4.90 Å². The number of halogens is 1. The van der Waals surface area contributed by atoms with E-state index in [2.05, 4.69) is 21.2 Å². The molecule has 0 aliphatic rings.